The van der Waals surface area contributed by atoms with Crippen LogP contribution in [0.5, 0.6) is 23.0 Å². The van der Waals surface area contributed by atoms with E-state index >= 15 is 0 Å². The molecule has 73 heavy (non-hydrogen) atoms. The highest BCUT2D eigenvalue weighted by atomic mass is 16.7. The second kappa shape index (κ2) is 25.1. The number of methoxy groups -OCH3 is 2. The molecule has 0 aromatic heterocycles. The van der Waals surface area contributed by atoms with E-state index in [1.807, 2.05) is 30.3 Å². The molecule has 374 valence electrons. The molecule has 1 saturated heterocycles. The minimum Gasteiger partial charge on any atom is -0.493 e. The van der Waals surface area contributed by atoms with Crippen LogP contribution in [0.25, 0.3) is 0 Å². The van der Waals surface area contributed by atoms with E-state index in [-0.39, 0.29) is 34.6 Å². The molecule has 0 radical (unpaired) electrons. The Balaban J connectivity index is 1.18. The van der Waals surface area contributed by atoms with Gasteiger partial charge in [0.15, 0.2) is 53.7 Å². The number of rotatable bonds is 21. The van der Waals surface area contributed by atoms with Crippen LogP contribution in [0.3, 0.4) is 0 Å². The predicted octanol–water partition coefficient (Wildman–Crippen LogP) is 9.04. The van der Waals surface area contributed by atoms with Crippen LogP contribution in [0.4, 0.5) is 0 Å². The molecular formula is C58H52O15. The molecule has 0 aliphatic carbocycles. The Kier molecular flexibility index (Phi) is 17.5. The number of carbonyl (C=O) groups is 4. The highest BCUT2D eigenvalue weighted by Crippen LogP contribution is 2.37. The van der Waals surface area contributed by atoms with Crippen LogP contribution in [0, 0.1) is 0 Å². The van der Waals surface area contributed by atoms with Gasteiger partial charge in [0.2, 0.25) is 0 Å². The lowest BCUT2D eigenvalue weighted by Gasteiger charge is -2.44. The van der Waals surface area contributed by atoms with Gasteiger partial charge in [-0.1, -0.05) is 121 Å². The number of benzene rings is 7. The molecule has 7 aromatic rings. The third kappa shape index (κ3) is 13.3. The maximum atomic E-state index is 14.2. The van der Waals surface area contributed by atoms with Crippen LogP contribution in [0.2, 0.25) is 0 Å². The first kappa shape index (κ1) is 50.9. The van der Waals surface area contributed by atoms with Crippen molar-refractivity contribution in [1.82, 2.24) is 0 Å². The van der Waals surface area contributed by atoms with Crippen molar-refractivity contribution in [3.05, 3.63) is 228 Å². The lowest BCUT2D eigenvalue weighted by molar-refractivity contribution is -0.302. The van der Waals surface area contributed by atoms with Crippen LogP contribution < -0.4 is 18.9 Å². The van der Waals surface area contributed by atoms with Gasteiger partial charge in [0, 0.05) is 0 Å². The minimum atomic E-state index is -1.71. The molecule has 0 amide bonds. The van der Waals surface area contributed by atoms with Gasteiger partial charge in [0.25, 0.3) is 0 Å². The first-order chi connectivity index (χ1) is 35.7. The first-order valence-corrected chi connectivity index (χ1v) is 23.3. The molecule has 7 atom stereocenters. The normalized spacial score (nSPS) is 17.9. The van der Waals surface area contributed by atoms with E-state index in [0.29, 0.717) is 22.8 Å². The zero-order valence-electron chi connectivity index (χ0n) is 39.8. The zero-order chi connectivity index (χ0) is 50.9. The summed E-state index contributed by atoms with van der Waals surface area (Å²) in [5, 5.41) is 12.3. The van der Waals surface area contributed by atoms with Crippen molar-refractivity contribution in [1.29, 1.82) is 0 Å². The molecule has 1 aliphatic rings. The summed E-state index contributed by atoms with van der Waals surface area (Å²) in [6.45, 7) is -0.839. The van der Waals surface area contributed by atoms with Gasteiger partial charge < -0.3 is 52.5 Å². The summed E-state index contributed by atoms with van der Waals surface area (Å²) in [6.07, 6.45) is -10.9. The second-order valence-electron chi connectivity index (χ2n) is 16.5. The topological polar surface area (TPSA) is 181 Å². The summed E-state index contributed by atoms with van der Waals surface area (Å²) in [4.78, 5) is 55.9. The number of carbonyl (C=O) groups excluding carboxylic acids is 4. The second-order valence-corrected chi connectivity index (χ2v) is 16.5. The Morgan fingerprint density at radius 1 is 0.507 bits per heavy atom. The van der Waals surface area contributed by atoms with Crippen LogP contribution in [-0.2, 0) is 35.0 Å². The summed E-state index contributed by atoms with van der Waals surface area (Å²) < 4.78 is 61.5. The van der Waals surface area contributed by atoms with Gasteiger partial charge in [0.1, 0.15) is 25.4 Å². The smallest absolute Gasteiger partial charge is 0.338 e. The van der Waals surface area contributed by atoms with Crippen molar-refractivity contribution in [2.24, 2.45) is 0 Å². The van der Waals surface area contributed by atoms with Gasteiger partial charge in [-0.2, -0.15) is 0 Å². The molecule has 1 heterocycles. The summed E-state index contributed by atoms with van der Waals surface area (Å²) in [5.74, 6) is -2.07. The van der Waals surface area contributed by atoms with Crippen molar-refractivity contribution in [2.45, 2.75) is 49.5 Å². The first-order valence-electron chi connectivity index (χ1n) is 23.3. The van der Waals surface area contributed by atoms with Gasteiger partial charge in [-0.15, -0.1) is 0 Å². The van der Waals surface area contributed by atoms with Gasteiger partial charge >= 0.3 is 23.9 Å². The lowest BCUT2D eigenvalue weighted by Crippen LogP contribution is -2.63. The zero-order valence-corrected chi connectivity index (χ0v) is 39.8. The minimum absolute atomic E-state index is 0.111. The average Bonchev–Trinajstić information content (AvgIpc) is 3.45. The number of aliphatic hydroxyl groups excluding tert-OH is 1. The molecule has 1 fully saturated rings. The van der Waals surface area contributed by atoms with E-state index in [9.17, 15) is 24.3 Å². The van der Waals surface area contributed by atoms with Gasteiger partial charge in [-0.05, 0) is 83.9 Å². The standard InChI is InChI=1S/C58H52O15/c1-64-44-30-18-19-31-46(44)69-48(50(59)43-32-33-45(47(34-43)65-2)66-35-38-20-8-3-9-21-38)36-68-58-53(73-57(63)42-28-16-7-17-29-42)52(72-56(62)41-26-14-6-15-27-41)51(71-55(61)40-24-12-5-13-25-40)49(70-58)37-67-54(60)39-22-10-4-11-23-39/h3-34,48-53,58-59H,35-37H2,1-2H3/t48-,49+,50+,51+,52-,53+,58+/m0/s1. The monoisotopic (exact) mass is 988 g/mol. The third-order valence-corrected chi connectivity index (χ3v) is 11.6. The summed E-state index contributed by atoms with van der Waals surface area (Å²) >= 11 is 0. The fourth-order valence-electron chi connectivity index (χ4n) is 7.86. The van der Waals surface area contributed by atoms with E-state index < -0.39 is 80.0 Å². The fourth-order valence-corrected chi connectivity index (χ4v) is 7.86. The Morgan fingerprint density at radius 3 is 1.51 bits per heavy atom. The Morgan fingerprint density at radius 2 is 0.973 bits per heavy atom. The molecule has 15 nitrogen and oxygen atoms in total. The van der Waals surface area contributed by atoms with Crippen molar-refractivity contribution >= 4 is 23.9 Å². The molecule has 1 N–H and O–H groups in total. The van der Waals surface area contributed by atoms with Crippen molar-refractivity contribution in [3.8, 4) is 23.0 Å². The van der Waals surface area contributed by atoms with Crippen LogP contribution >= 0.6 is 0 Å². The third-order valence-electron chi connectivity index (χ3n) is 11.6. The van der Waals surface area contributed by atoms with E-state index in [1.165, 1.54) is 50.6 Å². The molecular weight excluding hydrogens is 937 g/mol. The van der Waals surface area contributed by atoms with Crippen LogP contribution in [0.15, 0.2) is 194 Å². The van der Waals surface area contributed by atoms with E-state index in [2.05, 4.69) is 0 Å². The molecule has 15 heteroatoms. The fraction of sp³-hybridized carbons (Fsp3) is 0.207. The van der Waals surface area contributed by atoms with Crippen molar-refractivity contribution < 1.29 is 71.7 Å². The van der Waals surface area contributed by atoms with Crippen molar-refractivity contribution in [2.75, 3.05) is 27.4 Å². The van der Waals surface area contributed by atoms with Crippen LogP contribution in [0.1, 0.15) is 58.7 Å². The van der Waals surface area contributed by atoms with Crippen molar-refractivity contribution in [3.63, 3.8) is 0 Å². The quantitative estimate of drug-likeness (QED) is 0.0532. The number of ether oxygens (including phenoxy) is 10. The molecule has 0 spiro atoms. The molecule has 0 bridgehead atoms. The maximum Gasteiger partial charge on any atom is 0.338 e. The highest BCUT2D eigenvalue weighted by molar-refractivity contribution is 5.91. The number of para-hydroxylation sites is 2. The SMILES string of the molecule is COc1cc([C@@H](O)[C@H](CO[C@@H]2O[C@H](COC(=O)c3ccccc3)[C@@H](OC(=O)c3ccccc3)[C@H](OC(=O)c3ccccc3)[C@H]2OC(=O)c2ccccc2)Oc2ccccc2OC)ccc1OCc1ccccc1. The maximum absolute atomic E-state index is 14.2. The van der Waals surface area contributed by atoms with Gasteiger partial charge in [-0.25, -0.2) is 19.2 Å². The largest absolute Gasteiger partial charge is 0.493 e. The van der Waals surface area contributed by atoms with E-state index in [0.717, 1.165) is 5.56 Å². The van der Waals surface area contributed by atoms with Gasteiger partial charge in [0.05, 0.1) is 43.1 Å². The Labute approximate surface area is 421 Å². The molecule has 0 saturated carbocycles. The Bertz CT molecular complexity index is 2890. The molecule has 1 aliphatic heterocycles. The molecule has 8 rings (SSSR count). The summed E-state index contributed by atoms with van der Waals surface area (Å²) in [6, 6.07) is 53.5. The summed E-state index contributed by atoms with van der Waals surface area (Å²) in [7, 11) is 2.94. The Hall–Kier alpha value is -8.50. The lowest BCUT2D eigenvalue weighted by atomic mass is 9.97. The number of esters is 4. The molecule has 7 aromatic carbocycles. The summed E-state index contributed by atoms with van der Waals surface area (Å²) in [5.41, 5.74) is 1.83. The number of aliphatic hydroxyl groups is 1. The number of hydrogen-bond donors (Lipinski definition) is 1. The highest BCUT2D eigenvalue weighted by Gasteiger charge is 2.54. The average molecular weight is 989 g/mol. The van der Waals surface area contributed by atoms with E-state index in [1.54, 1.807) is 127 Å². The van der Waals surface area contributed by atoms with Crippen LogP contribution in [-0.4, -0.2) is 93.2 Å². The molecule has 0 unspecified atom stereocenters. The predicted molar refractivity (Wildman–Crippen MR) is 264 cm³/mol. The van der Waals surface area contributed by atoms with Gasteiger partial charge in [-0.3, -0.25) is 0 Å². The van der Waals surface area contributed by atoms with E-state index in [4.69, 9.17) is 47.4 Å². The number of hydrogen-bond acceptors (Lipinski definition) is 15.